The van der Waals surface area contributed by atoms with Crippen LogP contribution in [0.25, 0.3) is 5.70 Å². The third-order valence-corrected chi connectivity index (χ3v) is 4.02. The summed E-state index contributed by atoms with van der Waals surface area (Å²) in [6.45, 7) is 5.53. The Morgan fingerprint density at radius 3 is 2.50 bits per heavy atom. The van der Waals surface area contributed by atoms with E-state index in [-0.39, 0.29) is 6.03 Å². The van der Waals surface area contributed by atoms with Crippen LogP contribution in [0.5, 0.6) is 0 Å². The number of piperidine rings is 1. The summed E-state index contributed by atoms with van der Waals surface area (Å²) >= 11 is 0. The molecule has 0 radical (unpaired) electrons. The van der Waals surface area contributed by atoms with E-state index in [1.807, 2.05) is 42.3 Å². The molecule has 1 aliphatic heterocycles. The molecule has 1 heterocycles. The van der Waals surface area contributed by atoms with Crippen molar-refractivity contribution >= 4 is 18.4 Å². The number of hydrogen-bond acceptors (Lipinski definition) is 3. The molecule has 0 aromatic heterocycles. The van der Waals surface area contributed by atoms with Gasteiger partial charge in [-0.3, -0.25) is 4.99 Å². The highest BCUT2D eigenvalue weighted by Crippen LogP contribution is 2.17. The average Bonchev–Trinajstić information content (AvgIpc) is 2.59. The maximum atomic E-state index is 12.5. The van der Waals surface area contributed by atoms with Gasteiger partial charge in [-0.2, -0.15) is 0 Å². The van der Waals surface area contributed by atoms with Crippen LogP contribution >= 0.6 is 0 Å². The van der Waals surface area contributed by atoms with Crippen molar-refractivity contribution in [2.45, 2.75) is 18.9 Å². The number of nitrogens with zero attached hydrogens (tertiary/aromatic N) is 3. The molecule has 0 unspecified atom stereocenters. The van der Waals surface area contributed by atoms with Crippen LogP contribution in [0.4, 0.5) is 4.79 Å². The second-order valence-corrected chi connectivity index (χ2v) is 5.52. The van der Waals surface area contributed by atoms with Crippen molar-refractivity contribution in [1.29, 1.82) is 0 Å². The molecule has 118 valence electrons. The molecule has 1 saturated heterocycles. The van der Waals surface area contributed by atoms with E-state index in [2.05, 4.69) is 17.0 Å². The minimum atomic E-state index is -0.0241. The lowest BCUT2D eigenvalue weighted by Crippen LogP contribution is -2.47. The fraction of sp³-hybridized carbons (Fsp3) is 0.412. The Morgan fingerprint density at radius 2 is 1.91 bits per heavy atom. The predicted octanol–water partition coefficient (Wildman–Crippen LogP) is 2.42. The monoisotopic (exact) mass is 300 g/mol. The molecule has 5 heteroatoms. The summed E-state index contributed by atoms with van der Waals surface area (Å²) in [5.74, 6) is 0. The van der Waals surface area contributed by atoms with Crippen LogP contribution in [-0.4, -0.2) is 55.8 Å². The molecule has 1 aromatic rings. The van der Waals surface area contributed by atoms with Gasteiger partial charge in [-0.25, -0.2) is 4.79 Å². The van der Waals surface area contributed by atoms with E-state index >= 15 is 0 Å². The van der Waals surface area contributed by atoms with Gasteiger partial charge >= 0.3 is 6.03 Å². The maximum Gasteiger partial charge on any atom is 0.323 e. The molecule has 1 N–H and O–H groups in total. The number of amides is 2. The third kappa shape index (κ3) is 3.95. The minimum absolute atomic E-state index is 0.0241. The van der Waals surface area contributed by atoms with Gasteiger partial charge < -0.3 is 15.1 Å². The van der Waals surface area contributed by atoms with E-state index in [9.17, 15) is 4.79 Å². The Kier molecular flexibility index (Phi) is 5.72. The smallest absolute Gasteiger partial charge is 0.323 e. The molecule has 0 atom stereocenters. The summed E-state index contributed by atoms with van der Waals surface area (Å²) < 4.78 is 0. The van der Waals surface area contributed by atoms with Crippen LogP contribution in [0.2, 0.25) is 0 Å². The Bertz CT molecular complexity index is 535. The van der Waals surface area contributed by atoms with E-state index in [0.29, 0.717) is 11.7 Å². The van der Waals surface area contributed by atoms with Gasteiger partial charge in [0, 0.05) is 31.9 Å². The molecule has 5 nitrogen and oxygen atoms in total. The summed E-state index contributed by atoms with van der Waals surface area (Å²) in [6, 6.07) is 10.0. The topological polar surface area (TPSA) is 47.9 Å². The van der Waals surface area contributed by atoms with Crippen molar-refractivity contribution in [2.24, 2.45) is 4.99 Å². The van der Waals surface area contributed by atoms with Gasteiger partial charge in [0.05, 0.1) is 5.70 Å². The molecule has 0 saturated carbocycles. The van der Waals surface area contributed by atoms with Gasteiger partial charge in [0.25, 0.3) is 0 Å². The van der Waals surface area contributed by atoms with Crippen LogP contribution in [0.15, 0.2) is 41.5 Å². The highest BCUT2D eigenvalue weighted by molar-refractivity contribution is 5.78. The molecule has 2 rings (SSSR count). The molecule has 0 aliphatic carbocycles. The number of hydrogen-bond donors (Lipinski definition) is 1. The number of carbonyl (C=O) groups excluding carboxylic acids is 1. The number of urea groups is 1. The summed E-state index contributed by atoms with van der Waals surface area (Å²) in [4.78, 5) is 20.0. The lowest BCUT2D eigenvalue weighted by molar-refractivity contribution is 0.157. The first-order valence-electron chi connectivity index (χ1n) is 7.57. The largest absolute Gasteiger partial charge is 0.324 e. The standard InChI is InChI=1S/C17H24N4O/c1-18-16(14-7-5-4-6-8-14)13-20(2)17(22)21(3)15-9-11-19-12-10-15/h4-8,13,15,19H,1,9-12H2,2-3H3. The Balaban J connectivity index is 2.08. The van der Waals surface area contributed by atoms with Gasteiger partial charge in [0.15, 0.2) is 0 Å². The van der Waals surface area contributed by atoms with E-state index in [4.69, 9.17) is 0 Å². The van der Waals surface area contributed by atoms with Crippen molar-refractivity contribution in [3.05, 3.63) is 42.1 Å². The lowest BCUT2D eigenvalue weighted by Gasteiger charge is -2.33. The van der Waals surface area contributed by atoms with Crippen LogP contribution in [0, 0.1) is 0 Å². The highest BCUT2D eigenvalue weighted by atomic mass is 16.2. The molecule has 0 bridgehead atoms. The van der Waals surface area contributed by atoms with Crippen molar-refractivity contribution < 1.29 is 4.79 Å². The molecular weight excluding hydrogens is 276 g/mol. The zero-order valence-corrected chi connectivity index (χ0v) is 13.3. The lowest BCUT2D eigenvalue weighted by atomic mass is 10.1. The zero-order valence-electron chi connectivity index (χ0n) is 13.3. The molecule has 2 amide bonds. The van der Waals surface area contributed by atoms with Gasteiger partial charge in [-0.1, -0.05) is 30.3 Å². The van der Waals surface area contributed by atoms with E-state index in [0.717, 1.165) is 31.5 Å². The number of rotatable bonds is 4. The van der Waals surface area contributed by atoms with Crippen molar-refractivity contribution in [3.8, 4) is 0 Å². The SMILES string of the molecule is C=NC(=CN(C)C(=O)N(C)C1CCNCC1)c1ccccc1. The first-order chi connectivity index (χ1) is 10.6. The fourth-order valence-corrected chi connectivity index (χ4v) is 2.65. The Labute approximate surface area is 132 Å². The molecule has 1 fully saturated rings. The molecule has 1 aliphatic rings. The second-order valence-electron chi connectivity index (χ2n) is 5.52. The van der Waals surface area contributed by atoms with Gasteiger partial charge in [-0.15, -0.1) is 0 Å². The van der Waals surface area contributed by atoms with Crippen molar-refractivity contribution in [1.82, 2.24) is 15.1 Å². The average molecular weight is 300 g/mol. The van der Waals surface area contributed by atoms with E-state index in [1.54, 1.807) is 18.1 Å². The van der Waals surface area contributed by atoms with Crippen LogP contribution < -0.4 is 5.32 Å². The van der Waals surface area contributed by atoms with Crippen molar-refractivity contribution in [2.75, 3.05) is 27.2 Å². The quantitative estimate of drug-likeness (QED) is 0.868. The molecule has 22 heavy (non-hydrogen) atoms. The maximum absolute atomic E-state index is 12.5. The Morgan fingerprint density at radius 1 is 1.27 bits per heavy atom. The fourth-order valence-electron chi connectivity index (χ4n) is 2.65. The van der Waals surface area contributed by atoms with Gasteiger partial charge in [0.2, 0.25) is 0 Å². The molecular formula is C17H24N4O. The first-order valence-corrected chi connectivity index (χ1v) is 7.57. The van der Waals surface area contributed by atoms with Crippen molar-refractivity contribution in [3.63, 3.8) is 0 Å². The van der Waals surface area contributed by atoms with Crippen LogP contribution in [-0.2, 0) is 0 Å². The third-order valence-electron chi connectivity index (χ3n) is 4.02. The Hall–Kier alpha value is -2.14. The van der Waals surface area contributed by atoms with Crippen LogP contribution in [0.3, 0.4) is 0 Å². The predicted molar refractivity (Wildman–Crippen MR) is 90.8 cm³/mol. The summed E-state index contributed by atoms with van der Waals surface area (Å²) in [7, 11) is 3.63. The van der Waals surface area contributed by atoms with E-state index < -0.39 is 0 Å². The first kappa shape index (κ1) is 16.2. The molecule has 1 aromatic carbocycles. The van der Waals surface area contributed by atoms with Gasteiger partial charge in [-0.05, 0) is 32.6 Å². The molecule has 0 spiro atoms. The zero-order chi connectivity index (χ0) is 15.9. The summed E-state index contributed by atoms with van der Waals surface area (Å²) in [5, 5.41) is 3.31. The number of carbonyl (C=O) groups is 1. The van der Waals surface area contributed by atoms with E-state index in [1.165, 1.54) is 0 Å². The number of aliphatic imine (C=N–C) groups is 1. The minimum Gasteiger partial charge on any atom is -0.324 e. The van der Waals surface area contributed by atoms with Gasteiger partial charge in [0.1, 0.15) is 0 Å². The summed E-state index contributed by atoms with van der Waals surface area (Å²) in [6.07, 6.45) is 3.72. The highest BCUT2D eigenvalue weighted by Gasteiger charge is 2.23. The number of benzene rings is 1. The summed E-state index contributed by atoms with van der Waals surface area (Å²) in [5.41, 5.74) is 1.64. The van der Waals surface area contributed by atoms with Crippen LogP contribution in [0.1, 0.15) is 18.4 Å². The number of nitrogens with one attached hydrogen (secondary N) is 1. The second kappa shape index (κ2) is 7.75. The normalized spacial score (nSPS) is 16.2.